The minimum Gasteiger partial charge on any atom is -0.303 e. The minimum absolute atomic E-state index is 0.101. The van der Waals surface area contributed by atoms with Gasteiger partial charge < -0.3 is 4.90 Å². The molecule has 90 valence electrons. The van der Waals surface area contributed by atoms with Crippen LogP contribution in [-0.4, -0.2) is 30.5 Å². The van der Waals surface area contributed by atoms with E-state index in [-0.39, 0.29) is 12.3 Å². The monoisotopic (exact) mass is 227 g/mol. The van der Waals surface area contributed by atoms with Crippen molar-refractivity contribution in [2.24, 2.45) is 11.8 Å². The van der Waals surface area contributed by atoms with E-state index >= 15 is 0 Å². The van der Waals surface area contributed by atoms with Crippen LogP contribution in [-0.2, 0) is 0 Å². The van der Waals surface area contributed by atoms with Crippen LogP contribution in [0.2, 0.25) is 0 Å². The van der Waals surface area contributed by atoms with Gasteiger partial charge in [-0.2, -0.15) is 0 Å². The Morgan fingerprint density at radius 3 is 2.44 bits per heavy atom. The largest absolute Gasteiger partial charge is 0.303 e. The van der Waals surface area contributed by atoms with E-state index in [1.54, 1.807) is 0 Å². The molecule has 1 atom stereocenters. The summed E-state index contributed by atoms with van der Waals surface area (Å²) in [6.45, 7) is 2.54. The van der Waals surface area contributed by atoms with Crippen molar-refractivity contribution in [2.45, 2.75) is 38.0 Å². The molecule has 0 N–H and O–H groups in total. The Morgan fingerprint density at radius 2 is 1.94 bits per heavy atom. The second kappa shape index (κ2) is 4.71. The summed E-state index contributed by atoms with van der Waals surface area (Å²) in [6.07, 6.45) is 9.54. The van der Waals surface area contributed by atoms with Gasteiger partial charge in [0.25, 0.3) is 5.92 Å². The van der Waals surface area contributed by atoms with E-state index in [0.29, 0.717) is 12.5 Å². The smallest absolute Gasteiger partial charge is 0.252 e. The molecular formula is C13H19F2N. The third kappa shape index (κ3) is 2.95. The van der Waals surface area contributed by atoms with E-state index in [1.807, 2.05) is 0 Å². The highest BCUT2D eigenvalue weighted by Gasteiger charge is 2.56. The van der Waals surface area contributed by atoms with E-state index in [0.717, 1.165) is 38.8 Å². The second-order valence-corrected chi connectivity index (χ2v) is 5.15. The van der Waals surface area contributed by atoms with Gasteiger partial charge in [0.1, 0.15) is 0 Å². The standard InChI is InChI=1S/C13H19F2N/c1-2-3-4-11-5-7-16(8-6-11)10-12-9-13(12,14)15/h1,11-12H,3-10H2. The van der Waals surface area contributed by atoms with Gasteiger partial charge in [0.15, 0.2) is 0 Å². The summed E-state index contributed by atoms with van der Waals surface area (Å²) in [5.41, 5.74) is 0. The van der Waals surface area contributed by atoms with E-state index in [4.69, 9.17) is 6.42 Å². The van der Waals surface area contributed by atoms with Gasteiger partial charge >= 0.3 is 0 Å². The Labute approximate surface area is 96.2 Å². The molecule has 2 fully saturated rings. The van der Waals surface area contributed by atoms with Crippen LogP contribution >= 0.6 is 0 Å². The molecule has 0 aromatic heterocycles. The second-order valence-electron chi connectivity index (χ2n) is 5.15. The first-order chi connectivity index (χ1) is 7.62. The molecule has 1 unspecified atom stereocenters. The first kappa shape index (κ1) is 11.9. The zero-order valence-corrected chi connectivity index (χ0v) is 9.59. The number of alkyl halides is 2. The Hall–Kier alpha value is -0.620. The highest BCUT2D eigenvalue weighted by atomic mass is 19.3. The average Bonchev–Trinajstić information content (AvgIpc) is 2.85. The number of likely N-dealkylation sites (tertiary alicyclic amines) is 1. The molecule has 0 amide bonds. The van der Waals surface area contributed by atoms with Gasteiger partial charge in [0.05, 0.1) is 0 Å². The van der Waals surface area contributed by atoms with Crippen LogP contribution in [0.4, 0.5) is 8.78 Å². The van der Waals surface area contributed by atoms with Gasteiger partial charge in [-0.3, -0.25) is 0 Å². The lowest BCUT2D eigenvalue weighted by atomic mass is 9.92. The summed E-state index contributed by atoms with van der Waals surface area (Å²) in [5, 5.41) is 0. The van der Waals surface area contributed by atoms with E-state index in [9.17, 15) is 8.78 Å². The lowest BCUT2D eigenvalue weighted by Crippen LogP contribution is -2.35. The molecule has 0 aromatic carbocycles. The van der Waals surface area contributed by atoms with Gasteiger partial charge in [-0.15, -0.1) is 12.3 Å². The quantitative estimate of drug-likeness (QED) is 0.667. The molecule has 1 saturated carbocycles. The van der Waals surface area contributed by atoms with Crippen LogP contribution in [0.5, 0.6) is 0 Å². The van der Waals surface area contributed by atoms with Crippen LogP contribution < -0.4 is 0 Å². The molecule has 1 aliphatic carbocycles. The van der Waals surface area contributed by atoms with Crippen molar-refractivity contribution in [3.8, 4) is 12.3 Å². The molecule has 16 heavy (non-hydrogen) atoms. The summed E-state index contributed by atoms with van der Waals surface area (Å²) in [7, 11) is 0. The van der Waals surface area contributed by atoms with Crippen LogP contribution in [0, 0.1) is 24.2 Å². The van der Waals surface area contributed by atoms with Crippen molar-refractivity contribution < 1.29 is 8.78 Å². The molecule has 1 aliphatic heterocycles. The first-order valence-electron chi connectivity index (χ1n) is 6.15. The number of hydrogen-bond acceptors (Lipinski definition) is 1. The number of nitrogens with zero attached hydrogens (tertiary/aromatic N) is 1. The van der Waals surface area contributed by atoms with Crippen LogP contribution in [0.1, 0.15) is 32.1 Å². The maximum Gasteiger partial charge on any atom is 0.252 e. The van der Waals surface area contributed by atoms with Crippen molar-refractivity contribution >= 4 is 0 Å². The van der Waals surface area contributed by atoms with E-state index in [2.05, 4.69) is 10.8 Å². The van der Waals surface area contributed by atoms with E-state index < -0.39 is 5.92 Å². The highest BCUT2D eigenvalue weighted by Crippen LogP contribution is 2.49. The summed E-state index contributed by atoms with van der Waals surface area (Å²) in [5.74, 6) is 0.654. The topological polar surface area (TPSA) is 3.24 Å². The number of piperidine rings is 1. The van der Waals surface area contributed by atoms with E-state index in [1.165, 1.54) is 0 Å². The maximum atomic E-state index is 12.7. The Morgan fingerprint density at radius 1 is 1.31 bits per heavy atom. The molecular weight excluding hydrogens is 208 g/mol. The average molecular weight is 227 g/mol. The molecule has 3 heteroatoms. The van der Waals surface area contributed by atoms with Crippen LogP contribution in [0.25, 0.3) is 0 Å². The van der Waals surface area contributed by atoms with Crippen molar-refractivity contribution in [2.75, 3.05) is 19.6 Å². The SMILES string of the molecule is C#CCCC1CCN(CC2CC2(F)F)CC1. The van der Waals surface area contributed by atoms with Crippen molar-refractivity contribution in [3.63, 3.8) is 0 Å². The number of rotatable bonds is 4. The van der Waals surface area contributed by atoms with Gasteiger partial charge in [0.2, 0.25) is 0 Å². The third-order valence-corrected chi connectivity index (χ3v) is 3.84. The van der Waals surface area contributed by atoms with Gasteiger partial charge in [-0.1, -0.05) is 0 Å². The van der Waals surface area contributed by atoms with Crippen molar-refractivity contribution in [1.82, 2.24) is 4.90 Å². The molecule has 1 nitrogen and oxygen atoms in total. The summed E-state index contributed by atoms with van der Waals surface area (Å²) >= 11 is 0. The summed E-state index contributed by atoms with van der Waals surface area (Å²) in [4.78, 5) is 2.19. The van der Waals surface area contributed by atoms with Crippen molar-refractivity contribution in [3.05, 3.63) is 0 Å². The molecule has 2 aliphatic rings. The zero-order valence-electron chi connectivity index (χ0n) is 9.59. The van der Waals surface area contributed by atoms with Gasteiger partial charge in [-0.25, -0.2) is 8.78 Å². The van der Waals surface area contributed by atoms with Crippen molar-refractivity contribution in [1.29, 1.82) is 0 Å². The number of terminal acetylenes is 1. The first-order valence-corrected chi connectivity index (χ1v) is 6.15. The lowest BCUT2D eigenvalue weighted by molar-refractivity contribution is 0.0803. The lowest BCUT2D eigenvalue weighted by Gasteiger charge is -2.31. The zero-order chi connectivity index (χ0) is 11.6. The van der Waals surface area contributed by atoms with Gasteiger partial charge in [0, 0.05) is 25.3 Å². The van der Waals surface area contributed by atoms with Crippen LogP contribution in [0.3, 0.4) is 0 Å². The molecule has 1 heterocycles. The fourth-order valence-electron chi connectivity index (χ4n) is 2.52. The molecule has 0 aromatic rings. The molecule has 0 spiro atoms. The Bertz CT molecular complexity index is 274. The maximum absolute atomic E-state index is 12.7. The predicted octanol–water partition coefficient (Wildman–Crippen LogP) is 2.77. The predicted molar refractivity (Wildman–Crippen MR) is 60.3 cm³/mol. The summed E-state index contributed by atoms with van der Waals surface area (Å²) in [6, 6.07) is 0. The minimum atomic E-state index is -2.36. The molecule has 2 rings (SSSR count). The highest BCUT2D eigenvalue weighted by molar-refractivity contribution is 4.97. The fourth-order valence-corrected chi connectivity index (χ4v) is 2.52. The molecule has 1 saturated heterocycles. The number of hydrogen-bond donors (Lipinski definition) is 0. The number of halogens is 2. The third-order valence-electron chi connectivity index (χ3n) is 3.84. The Kier molecular flexibility index (Phi) is 3.49. The Balaban J connectivity index is 1.64. The van der Waals surface area contributed by atoms with Gasteiger partial charge in [-0.05, 0) is 38.3 Å². The molecule has 0 radical (unpaired) electrons. The van der Waals surface area contributed by atoms with Crippen LogP contribution in [0.15, 0.2) is 0 Å². The molecule has 0 bridgehead atoms. The normalized spacial score (nSPS) is 29.9. The fraction of sp³-hybridized carbons (Fsp3) is 0.846. The summed E-state index contributed by atoms with van der Waals surface area (Å²) < 4.78 is 25.5.